The zero-order valence-corrected chi connectivity index (χ0v) is 13.9. The molecule has 126 valence electrons. The van der Waals surface area contributed by atoms with Crippen LogP contribution in [0.4, 0.5) is 4.39 Å². The van der Waals surface area contributed by atoms with Crippen LogP contribution in [0.2, 0.25) is 0 Å². The highest BCUT2D eigenvalue weighted by Gasteiger charge is 2.35. The molecule has 1 aliphatic rings. The molecule has 24 heavy (non-hydrogen) atoms. The minimum atomic E-state index is -0.329. The normalized spacial score (nSPS) is 17.7. The Morgan fingerprint density at radius 1 is 1.29 bits per heavy atom. The van der Waals surface area contributed by atoms with Gasteiger partial charge in [-0.25, -0.2) is 4.39 Å². The van der Waals surface area contributed by atoms with Crippen LogP contribution >= 0.6 is 11.3 Å². The second kappa shape index (κ2) is 7.46. The van der Waals surface area contributed by atoms with Crippen molar-refractivity contribution in [1.82, 2.24) is 10.2 Å². The number of carbonyl (C=O) groups excluding carboxylic acids is 1. The van der Waals surface area contributed by atoms with Gasteiger partial charge in [0.05, 0.1) is 23.2 Å². The SMILES string of the molecule is CC1=CC(c2sccc2F)N(CCOc2ccccc2)N1OC=O. The zero-order chi connectivity index (χ0) is 16.9. The van der Waals surface area contributed by atoms with E-state index in [4.69, 9.17) is 9.57 Å². The van der Waals surface area contributed by atoms with Crippen molar-refractivity contribution in [3.05, 3.63) is 64.2 Å². The number of thiophene rings is 1. The number of para-hydroxylation sites is 1. The number of carbonyl (C=O) groups is 1. The predicted molar refractivity (Wildman–Crippen MR) is 88.4 cm³/mol. The number of nitrogens with zero attached hydrogens (tertiary/aromatic N) is 2. The summed E-state index contributed by atoms with van der Waals surface area (Å²) in [6.45, 7) is 2.96. The van der Waals surface area contributed by atoms with E-state index in [9.17, 15) is 9.18 Å². The monoisotopic (exact) mass is 348 g/mol. The molecule has 1 aromatic carbocycles. The van der Waals surface area contributed by atoms with Crippen LogP contribution in [-0.2, 0) is 9.63 Å². The molecule has 0 saturated carbocycles. The molecular formula is C17H17FN2O3S. The molecule has 0 spiro atoms. The van der Waals surface area contributed by atoms with Crippen molar-refractivity contribution in [3.63, 3.8) is 0 Å². The number of ether oxygens (including phenoxy) is 1. The number of rotatable bonds is 7. The van der Waals surface area contributed by atoms with E-state index >= 15 is 0 Å². The summed E-state index contributed by atoms with van der Waals surface area (Å²) in [6.07, 6.45) is 1.86. The fourth-order valence-electron chi connectivity index (χ4n) is 2.61. The Hall–Kier alpha value is -2.38. The molecule has 0 N–H and O–H groups in total. The first-order valence-electron chi connectivity index (χ1n) is 7.47. The third kappa shape index (κ3) is 3.42. The van der Waals surface area contributed by atoms with Crippen LogP contribution in [0.25, 0.3) is 0 Å². The lowest BCUT2D eigenvalue weighted by Crippen LogP contribution is -2.41. The van der Waals surface area contributed by atoms with Crippen LogP contribution < -0.4 is 4.74 Å². The van der Waals surface area contributed by atoms with Crippen LogP contribution in [0.3, 0.4) is 0 Å². The molecule has 0 fully saturated rings. The number of halogens is 1. The molecule has 1 aliphatic heterocycles. The highest BCUT2D eigenvalue weighted by molar-refractivity contribution is 7.10. The maximum absolute atomic E-state index is 14.0. The number of hydroxylamine groups is 1. The Morgan fingerprint density at radius 3 is 2.75 bits per heavy atom. The number of allylic oxidation sites excluding steroid dienone is 1. The fourth-order valence-corrected chi connectivity index (χ4v) is 3.45. The van der Waals surface area contributed by atoms with Gasteiger partial charge in [-0.3, -0.25) is 4.79 Å². The maximum Gasteiger partial charge on any atom is 0.322 e. The molecule has 0 radical (unpaired) electrons. The molecule has 1 unspecified atom stereocenters. The van der Waals surface area contributed by atoms with E-state index in [1.165, 1.54) is 22.6 Å². The van der Waals surface area contributed by atoms with Crippen LogP contribution in [0.5, 0.6) is 5.75 Å². The van der Waals surface area contributed by atoms with Gasteiger partial charge in [-0.15, -0.1) is 16.5 Å². The van der Waals surface area contributed by atoms with E-state index in [1.807, 2.05) is 36.4 Å². The average molecular weight is 348 g/mol. The van der Waals surface area contributed by atoms with Crippen molar-refractivity contribution >= 4 is 17.8 Å². The lowest BCUT2D eigenvalue weighted by atomic mass is 10.2. The Morgan fingerprint density at radius 2 is 2.08 bits per heavy atom. The molecule has 3 rings (SSSR count). The van der Waals surface area contributed by atoms with Gasteiger partial charge in [0.1, 0.15) is 18.2 Å². The highest BCUT2D eigenvalue weighted by atomic mass is 32.1. The summed E-state index contributed by atoms with van der Waals surface area (Å²) < 4.78 is 19.7. The van der Waals surface area contributed by atoms with Crippen LogP contribution in [0.1, 0.15) is 17.8 Å². The lowest BCUT2D eigenvalue weighted by Gasteiger charge is -2.31. The van der Waals surface area contributed by atoms with Crippen molar-refractivity contribution in [3.8, 4) is 5.75 Å². The van der Waals surface area contributed by atoms with Crippen LogP contribution in [-0.4, -0.2) is 29.8 Å². The van der Waals surface area contributed by atoms with Gasteiger partial charge in [-0.1, -0.05) is 18.2 Å². The highest BCUT2D eigenvalue weighted by Crippen LogP contribution is 2.37. The summed E-state index contributed by atoms with van der Waals surface area (Å²) in [4.78, 5) is 16.4. The van der Waals surface area contributed by atoms with Crippen molar-refractivity contribution in [2.24, 2.45) is 0 Å². The average Bonchev–Trinajstić information content (AvgIpc) is 3.14. The van der Waals surface area contributed by atoms with E-state index in [2.05, 4.69) is 0 Å². The Bertz CT molecular complexity index is 720. The minimum Gasteiger partial charge on any atom is -0.492 e. The molecule has 2 aromatic rings. The summed E-state index contributed by atoms with van der Waals surface area (Å²) in [5.41, 5.74) is 0.722. The smallest absolute Gasteiger partial charge is 0.322 e. The zero-order valence-electron chi connectivity index (χ0n) is 13.1. The molecule has 5 nitrogen and oxygen atoms in total. The number of hydrogen-bond acceptors (Lipinski definition) is 6. The summed E-state index contributed by atoms with van der Waals surface area (Å²) >= 11 is 1.33. The number of hydrazine groups is 1. The lowest BCUT2D eigenvalue weighted by molar-refractivity contribution is -0.236. The van der Waals surface area contributed by atoms with Crippen molar-refractivity contribution in [1.29, 1.82) is 0 Å². The second-order valence-electron chi connectivity index (χ2n) is 5.18. The molecule has 0 saturated heterocycles. The van der Waals surface area contributed by atoms with Gasteiger partial charge in [0.25, 0.3) is 0 Å². The first-order chi connectivity index (χ1) is 11.7. The summed E-state index contributed by atoms with van der Waals surface area (Å²) in [7, 11) is 0. The Labute approximate surface area is 143 Å². The molecule has 1 atom stereocenters. The van der Waals surface area contributed by atoms with Gasteiger partial charge in [0.15, 0.2) is 0 Å². The van der Waals surface area contributed by atoms with Crippen LogP contribution in [0, 0.1) is 5.82 Å². The summed E-state index contributed by atoms with van der Waals surface area (Å²) in [6, 6.07) is 10.5. The van der Waals surface area contributed by atoms with E-state index in [1.54, 1.807) is 17.3 Å². The van der Waals surface area contributed by atoms with E-state index < -0.39 is 0 Å². The topological polar surface area (TPSA) is 42.0 Å². The molecule has 0 aliphatic carbocycles. The fraction of sp³-hybridized carbons (Fsp3) is 0.235. The molecular weight excluding hydrogens is 331 g/mol. The molecule has 0 bridgehead atoms. The van der Waals surface area contributed by atoms with E-state index in [0.717, 1.165) is 11.4 Å². The summed E-state index contributed by atoms with van der Waals surface area (Å²) in [5.74, 6) is 0.485. The van der Waals surface area contributed by atoms with Crippen molar-refractivity contribution in [2.75, 3.05) is 13.2 Å². The van der Waals surface area contributed by atoms with Gasteiger partial charge in [0, 0.05) is 0 Å². The van der Waals surface area contributed by atoms with E-state index in [-0.39, 0.29) is 11.9 Å². The van der Waals surface area contributed by atoms with E-state index in [0.29, 0.717) is 24.5 Å². The van der Waals surface area contributed by atoms with Gasteiger partial charge in [-0.2, -0.15) is 5.01 Å². The third-order valence-corrected chi connectivity index (χ3v) is 4.61. The third-order valence-electron chi connectivity index (χ3n) is 3.64. The summed E-state index contributed by atoms with van der Waals surface area (Å²) in [5, 5.41) is 4.85. The van der Waals surface area contributed by atoms with Gasteiger partial charge in [-0.05, 0) is 36.6 Å². The Balaban J connectivity index is 1.73. The van der Waals surface area contributed by atoms with Crippen LogP contribution in [0.15, 0.2) is 53.6 Å². The molecule has 0 amide bonds. The van der Waals surface area contributed by atoms with Gasteiger partial charge >= 0.3 is 6.47 Å². The quantitative estimate of drug-likeness (QED) is 0.716. The molecule has 7 heteroatoms. The Kier molecular flexibility index (Phi) is 5.12. The second-order valence-corrected chi connectivity index (χ2v) is 6.13. The maximum atomic E-state index is 14.0. The first-order valence-corrected chi connectivity index (χ1v) is 8.35. The number of benzene rings is 1. The standard InChI is InChI=1S/C17H17FN2O3S/c1-13-11-16(17-15(18)7-10-24-17)19(20(13)23-12-21)8-9-22-14-5-3-2-4-6-14/h2-7,10-12,16H,8-9H2,1H3. The predicted octanol–water partition coefficient (Wildman–Crippen LogP) is 3.53. The van der Waals surface area contributed by atoms with Crippen molar-refractivity contribution in [2.45, 2.75) is 13.0 Å². The molecule has 1 aromatic heterocycles. The van der Waals surface area contributed by atoms with Gasteiger partial charge in [0.2, 0.25) is 0 Å². The van der Waals surface area contributed by atoms with Gasteiger partial charge < -0.3 is 9.57 Å². The number of hydrogen-bond donors (Lipinski definition) is 0. The first kappa shape index (κ1) is 16.5. The minimum absolute atomic E-state index is 0.268. The van der Waals surface area contributed by atoms with Crippen molar-refractivity contribution < 1.29 is 18.8 Å². The molecule has 2 heterocycles. The largest absolute Gasteiger partial charge is 0.492 e.